The van der Waals surface area contributed by atoms with Crippen LogP contribution < -0.4 is 10.6 Å². The first kappa shape index (κ1) is 15.2. The van der Waals surface area contributed by atoms with Crippen LogP contribution in [0.5, 0.6) is 0 Å². The summed E-state index contributed by atoms with van der Waals surface area (Å²) >= 11 is 1.34. The van der Waals surface area contributed by atoms with Gasteiger partial charge in [0.1, 0.15) is 6.04 Å². The largest absolute Gasteiger partial charge is 0.340 e. The van der Waals surface area contributed by atoms with Crippen LogP contribution in [0, 0.1) is 5.92 Å². The van der Waals surface area contributed by atoms with Crippen molar-refractivity contribution in [1.82, 2.24) is 10.3 Å². The lowest BCUT2D eigenvalue weighted by molar-refractivity contribution is -0.118. The summed E-state index contributed by atoms with van der Waals surface area (Å²) in [7, 11) is 0. The topological polar surface area (TPSA) is 71.1 Å². The van der Waals surface area contributed by atoms with Crippen LogP contribution in [0.3, 0.4) is 0 Å². The highest BCUT2D eigenvalue weighted by atomic mass is 32.1. The summed E-state index contributed by atoms with van der Waals surface area (Å²) in [6, 6.07) is 8.23. The highest BCUT2D eigenvalue weighted by Crippen LogP contribution is 2.13. The number of hydrogen-bond donors (Lipinski definition) is 2. The van der Waals surface area contributed by atoms with Crippen molar-refractivity contribution in [3.63, 3.8) is 0 Å². The number of aromatic nitrogens is 1. The number of nitrogens with zero attached hydrogens (tertiary/aromatic N) is 1. The fourth-order valence-electron chi connectivity index (χ4n) is 1.82. The number of hydrogen-bond acceptors (Lipinski definition) is 4. The van der Waals surface area contributed by atoms with Gasteiger partial charge in [0.25, 0.3) is 5.91 Å². The Morgan fingerprint density at radius 3 is 2.48 bits per heavy atom. The molecule has 0 saturated carbocycles. The van der Waals surface area contributed by atoms with Gasteiger partial charge in [-0.2, -0.15) is 0 Å². The molecule has 0 radical (unpaired) electrons. The van der Waals surface area contributed by atoms with Crippen LogP contribution in [0.4, 0.5) is 5.13 Å². The molecule has 0 aliphatic heterocycles. The van der Waals surface area contributed by atoms with Gasteiger partial charge in [-0.3, -0.25) is 9.59 Å². The molecule has 21 heavy (non-hydrogen) atoms. The van der Waals surface area contributed by atoms with Crippen LogP contribution in [-0.4, -0.2) is 22.8 Å². The first-order valence-electron chi connectivity index (χ1n) is 6.64. The Labute approximate surface area is 127 Å². The zero-order chi connectivity index (χ0) is 15.2. The third-order valence-corrected chi connectivity index (χ3v) is 3.62. The number of nitrogens with one attached hydrogen (secondary N) is 2. The fraction of sp³-hybridized carbons (Fsp3) is 0.267. The molecular formula is C15H17N3O2S. The first-order chi connectivity index (χ1) is 10.1. The number of thiazole rings is 1. The zero-order valence-corrected chi connectivity index (χ0v) is 12.7. The first-order valence-corrected chi connectivity index (χ1v) is 7.52. The summed E-state index contributed by atoms with van der Waals surface area (Å²) in [6.45, 7) is 3.77. The molecule has 2 N–H and O–H groups in total. The minimum atomic E-state index is -0.610. The number of rotatable bonds is 5. The van der Waals surface area contributed by atoms with E-state index in [0.717, 1.165) is 0 Å². The Balaban J connectivity index is 2.05. The molecule has 0 aliphatic rings. The summed E-state index contributed by atoms with van der Waals surface area (Å²) in [6.07, 6.45) is 1.62. The van der Waals surface area contributed by atoms with E-state index >= 15 is 0 Å². The molecule has 0 aliphatic carbocycles. The van der Waals surface area contributed by atoms with Crippen LogP contribution >= 0.6 is 11.3 Å². The molecule has 1 aromatic heterocycles. The van der Waals surface area contributed by atoms with Crippen LogP contribution in [-0.2, 0) is 4.79 Å². The van der Waals surface area contributed by atoms with Crippen molar-refractivity contribution < 1.29 is 9.59 Å². The number of benzene rings is 1. The SMILES string of the molecule is CC(C)[C@@H](NC(=O)c1ccccc1)C(=O)Nc1nccs1. The normalized spacial score (nSPS) is 12.0. The van der Waals surface area contributed by atoms with E-state index in [-0.39, 0.29) is 17.7 Å². The quantitative estimate of drug-likeness (QED) is 0.891. The van der Waals surface area contributed by atoms with Crippen molar-refractivity contribution in [3.05, 3.63) is 47.5 Å². The van der Waals surface area contributed by atoms with Gasteiger partial charge in [-0.15, -0.1) is 11.3 Å². The van der Waals surface area contributed by atoms with Crippen LogP contribution in [0.15, 0.2) is 41.9 Å². The second kappa shape index (κ2) is 6.99. The highest BCUT2D eigenvalue weighted by molar-refractivity contribution is 7.13. The third-order valence-electron chi connectivity index (χ3n) is 2.93. The summed E-state index contributed by atoms with van der Waals surface area (Å²) in [5, 5.41) is 7.79. The lowest BCUT2D eigenvalue weighted by Gasteiger charge is -2.21. The van der Waals surface area contributed by atoms with Crippen molar-refractivity contribution >= 4 is 28.3 Å². The van der Waals surface area contributed by atoms with E-state index in [1.165, 1.54) is 11.3 Å². The van der Waals surface area contributed by atoms with Crippen LogP contribution in [0.25, 0.3) is 0 Å². The summed E-state index contributed by atoms with van der Waals surface area (Å²) in [4.78, 5) is 28.4. The predicted octanol–water partition coefficient (Wildman–Crippen LogP) is 2.54. The molecule has 5 nitrogen and oxygen atoms in total. The van der Waals surface area contributed by atoms with Gasteiger partial charge in [-0.1, -0.05) is 32.0 Å². The Kier molecular flexibility index (Phi) is 5.05. The minimum absolute atomic E-state index is 0.0300. The molecule has 1 atom stereocenters. The molecule has 2 rings (SSSR count). The lowest BCUT2D eigenvalue weighted by atomic mass is 10.0. The lowest BCUT2D eigenvalue weighted by Crippen LogP contribution is -2.47. The van der Waals surface area contributed by atoms with E-state index in [4.69, 9.17) is 0 Å². The molecule has 0 saturated heterocycles. The molecule has 6 heteroatoms. The molecule has 2 amide bonds. The molecule has 1 aromatic carbocycles. The Morgan fingerprint density at radius 1 is 1.19 bits per heavy atom. The van der Waals surface area contributed by atoms with Gasteiger partial charge in [-0.25, -0.2) is 4.98 Å². The minimum Gasteiger partial charge on any atom is -0.340 e. The van der Waals surface area contributed by atoms with Crippen molar-refractivity contribution in [3.8, 4) is 0 Å². The number of amides is 2. The average molecular weight is 303 g/mol. The maximum atomic E-state index is 12.3. The summed E-state index contributed by atoms with van der Waals surface area (Å²) < 4.78 is 0. The number of anilines is 1. The standard InChI is InChI=1S/C15H17N3O2S/c1-10(2)12(14(20)18-15-16-8-9-21-15)17-13(19)11-6-4-3-5-7-11/h3-10,12H,1-2H3,(H,17,19)(H,16,18,20)/t12-/m1/s1. The van der Waals surface area contributed by atoms with Crippen molar-refractivity contribution in [2.24, 2.45) is 5.92 Å². The van der Waals surface area contributed by atoms with Crippen molar-refractivity contribution in [1.29, 1.82) is 0 Å². The molecule has 2 aromatic rings. The van der Waals surface area contributed by atoms with E-state index in [1.807, 2.05) is 19.9 Å². The average Bonchev–Trinajstić information content (AvgIpc) is 2.97. The molecule has 0 bridgehead atoms. The van der Waals surface area contributed by atoms with E-state index in [2.05, 4.69) is 15.6 Å². The number of carbonyl (C=O) groups is 2. The predicted molar refractivity (Wildman–Crippen MR) is 83.3 cm³/mol. The van der Waals surface area contributed by atoms with E-state index in [0.29, 0.717) is 10.7 Å². The molecule has 0 spiro atoms. The number of carbonyl (C=O) groups excluding carboxylic acids is 2. The van der Waals surface area contributed by atoms with Gasteiger partial charge in [-0.05, 0) is 18.1 Å². The maximum Gasteiger partial charge on any atom is 0.251 e. The third kappa shape index (κ3) is 4.13. The van der Waals surface area contributed by atoms with Gasteiger partial charge in [0, 0.05) is 17.1 Å². The summed E-state index contributed by atoms with van der Waals surface area (Å²) in [5.74, 6) is -0.551. The fourth-order valence-corrected chi connectivity index (χ4v) is 2.35. The summed E-state index contributed by atoms with van der Waals surface area (Å²) in [5.41, 5.74) is 0.533. The van der Waals surface area contributed by atoms with Gasteiger partial charge in [0.2, 0.25) is 5.91 Å². The monoisotopic (exact) mass is 303 g/mol. The maximum absolute atomic E-state index is 12.3. The van der Waals surface area contributed by atoms with Crippen LogP contribution in [0.2, 0.25) is 0 Å². The Hall–Kier alpha value is -2.21. The second-order valence-electron chi connectivity index (χ2n) is 4.89. The van der Waals surface area contributed by atoms with Gasteiger partial charge < -0.3 is 10.6 Å². The molecule has 1 heterocycles. The molecule has 0 unspecified atom stereocenters. The Bertz CT molecular complexity index is 597. The van der Waals surface area contributed by atoms with Gasteiger partial charge in [0.05, 0.1) is 0 Å². The van der Waals surface area contributed by atoms with E-state index in [1.54, 1.807) is 35.8 Å². The molecule has 110 valence electrons. The molecule has 0 fully saturated rings. The van der Waals surface area contributed by atoms with Crippen LogP contribution in [0.1, 0.15) is 24.2 Å². The van der Waals surface area contributed by atoms with Gasteiger partial charge in [0.15, 0.2) is 5.13 Å². The van der Waals surface area contributed by atoms with E-state index in [9.17, 15) is 9.59 Å². The highest BCUT2D eigenvalue weighted by Gasteiger charge is 2.25. The van der Waals surface area contributed by atoms with E-state index < -0.39 is 6.04 Å². The second-order valence-corrected chi connectivity index (χ2v) is 5.78. The smallest absolute Gasteiger partial charge is 0.251 e. The zero-order valence-electron chi connectivity index (χ0n) is 11.9. The van der Waals surface area contributed by atoms with Gasteiger partial charge >= 0.3 is 0 Å². The Morgan fingerprint density at radius 2 is 1.90 bits per heavy atom. The molecular weight excluding hydrogens is 286 g/mol. The van der Waals surface area contributed by atoms with Crippen molar-refractivity contribution in [2.45, 2.75) is 19.9 Å². The van der Waals surface area contributed by atoms with Crippen molar-refractivity contribution in [2.75, 3.05) is 5.32 Å².